The summed E-state index contributed by atoms with van der Waals surface area (Å²) in [5.74, 6) is -0.0886. The molecule has 0 atom stereocenters. The van der Waals surface area contributed by atoms with Gasteiger partial charge in [0.25, 0.3) is 0 Å². The fourth-order valence-electron chi connectivity index (χ4n) is 5.03. The van der Waals surface area contributed by atoms with Crippen LogP contribution in [0.15, 0.2) is 66.7 Å². The molecule has 1 aliphatic rings. The highest BCUT2D eigenvalue weighted by atomic mass is 28.3. The van der Waals surface area contributed by atoms with E-state index in [1.54, 1.807) is 18.2 Å². The minimum absolute atomic E-state index is 0.244. The Hall–Kier alpha value is -2.60. The molecule has 185 valence electrons. The molecule has 1 radical (unpaired) electrons. The summed E-state index contributed by atoms with van der Waals surface area (Å²) in [6.07, 6.45) is 1.61. The van der Waals surface area contributed by atoms with Gasteiger partial charge in [-0.3, -0.25) is 0 Å². The van der Waals surface area contributed by atoms with Crippen LogP contribution in [0.2, 0.25) is 18.1 Å². The molecular weight excluding hydrogens is 468 g/mol. The molecule has 1 saturated heterocycles. The Bertz CT molecular complexity index is 1100. The number of rotatable bonds is 8. The minimum atomic E-state index is -4.73. The summed E-state index contributed by atoms with van der Waals surface area (Å²) >= 11 is 0. The lowest BCUT2D eigenvalue weighted by atomic mass is 9.87. The molecule has 0 unspecified atom stereocenters. The first-order chi connectivity index (χ1) is 16.8. The summed E-state index contributed by atoms with van der Waals surface area (Å²) in [5, 5.41) is 0. The van der Waals surface area contributed by atoms with Crippen LogP contribution in [-0.4, -0.2) is 15.2 Å². The Morgan fingerprint density at radius 2 is 1.60 bits per heavy atom. The Balaban J connectivity index is 1.61. The SMILES string of the molecule is CCCCC[Si]1CCC(c2ccc(-c3cccc(F)c3)c(-c3ccc(OC(F)(F)F)cc3)c2)CC1. The predicted molar refractivity (Wildman–Crippen MR) is 136 cm³/mol. The molecule has 3 aromatic carbocycles. The smallest absolute Gasteiger partial charge is 0.406 e. The summed E-state index contributed by atoms with van der Waals surface area (Å²) in [4.78, 5) is 0. The van der Waals surface area contributed by atoms with Crippen LogP contribution in [0.1, 0.15) is 50.5 Å². The Morgan fingerprint density at radius 1 is 0.857 bits per heavy atom. The topological polar surface area (TPSA) is 9.23 Å². The van der Waals surface area contributed by atoms with Crippen molar-refractivity contribution >= 4 is 8.80 Å². The second-order valence-electron chi connectivity index (χ2n) is 9.37. The third-order valence-corrected chi connectivity index (χ3v) is 9.93. The van der Waals surface area contributed by atoms with Crippen LogP contribution in [0, 0.1) is 5.82 Å². The summed E-state index contributed by atoms with van der Waals surface area (Å²) in [5.41, 5.74) is 4.53. The van der Waals surface area contributed by atoms with Crippen LogP contribution < -0.4 is 4.74 Å². The van der Waals surface area contributed by atoms with Crippen molar-refractivity contribution in [3.63, 3.8) is 0 Å². The number of benzene rings is 3. The van der Waals surface area contributed by atoms with Gasteiger partial charge in [-0.1, -0.05) is 86.8 Å². The van der Waals surface area contributed by atoms with E-state index in [4.69, 9.17) is 0 Å². The molecule has 3 aromatic rings. The van der Waals surface area contributed by atoms with Gasteiger partial charge in [-0.15, -0.1) is 13.2 Å². The normalized spacial score (nSPS) is 15.3. The molecule has 35 heavy (non-hydrogen) atoms. The highest BCUT2D eigenvalue weighted by molar-refractivity contribution is 6.59. The van der Waals surface area contributed by atoms with Gasteiger partial charge in [0.2, 0.25) is 0 Å². The Morgan fingerprint density at radius 3 is 2.26 bits per heavy atom. The van der Waals surface area contributed by atoms with Crippen LogP contribution in [-0.2, 0) is 0 Å². The maximum absolute atomic E-state index is 14.0. The van der Waals surface area contributed by atoms with E-state index < -0.39 is 6.36 Å². The average Bonchev–Trinajstić information content (AvgIpc) is 2.84. The van der Waals surface area contributed by atoms with Crippen LogP contribution >= 0.6 is 0 Å². The van der Waals surface area contributed by atoms with Gasteiger partial charge in [-0.25, -0.2) is 4.39 Å². The van der Waals surface area contributed by atoms with E-state index in [0.29, 0.717) is 5.92 Å². The summed E-state index contributed by atoms with van der Waals surface area (Å²) in [6.45, 7) is 2.25. The van der Waals surface area contributed by atoms with E-state index in [9.17, 15) is 17.6 Å². The number of hydrogen-bond acceptors (Lipinski definition) is 1. The molecule has 1 aliphatic heterocycles. The van der Waals surface area contributed by atoms with E-state index in [1.807, 2.05) is 12.1 Å². The van der Waals surface area contributed by atoms with Crippen molar-refractivity contribution in [2.75, 3.05) is 0 Å². The number of alkyl halides is 3. The zero-order valence-corrected chi connectivity index (χ0v) is 21.0. The van der Waals surface area contributed by atoms with Crippen molar-refractivity contribution in [2.24, 2.45) is 0 Å². The van der Waals surface area contributed by atoms with Gasteiger partial charge in [-0.05, 0) is 70.8 Å². The van der Waals surface area contributed by atoms with Crippen LogP contribution in [0.4, 0.5) is 17.6 Å². The second-order valence-corrected chi connectivity index (χ2v) is 12.4. The molecule has 0 aliphatic carbocycles. The van der Waals surface area contributed by atoms with Gasteiger partial charge >= 0.3 is 6.36 Å². The van der Waals surface area contributed by atoms with E-state index >= 15 is 0 Å². The van der Waals surface area contributed by atoms with E-state index in [1.165, 1.54) is 80.1 Å². The second kappa shape index (κ2) is 11.4. The monoisotopic (exact) mass is 499 g/mol. The highest BCUT2D eigenvalue weighted by Crippen LogP contribution is 2.40. The molecule has 0 amide bonds. The maximum Gasteiger partial charge on any atom is 0.573 e. The lowest BCUT2D eigenvalue weighted by Crippen LogP contribution is -2.20. The van der Waals surface area contributed by atoms with Gasteiger partial charge in [0.15, 0.2) is 0 Å². The van der Waals surface area contributed by atoms with Crippen LogP contribution in [0.25, 0.3) is 22.3 Å². The molecule has 1 fully saturated rings. The molecule has 4 rings (SSSR count). The fraction of sp³-hybridized carbons (Fsp3) is 0.379. The van der Waals surface area contributed by atoms with E-state index in [2.05, 4.69) is 23.8 Å². The lowest BCUT2D eigenvalue weighted by Gasteiger charge is -2.28. The first kappa shape index (κ1) is 25.5. The van der Waals surface area contributed by atoms with Crippen LogP contribution in [0.5, 0.6) is 5.75 Å². The van der Waals surface area contributed by atoms with Crippen molar-refractivity contribution in [3.8, 4) is 28.0 Å². The molecule has 1 nitrogen and oxygen atoms in total. The standard InChI is InChI=1S/C29H31F4OSi/c1-2-3-4-16-35-17-14-21(15-18-35)23-10-13-27(24-6-5-7-25(30)19-24)28(20-23)22-8-11-26(12-9-22)34-29(31,32)33/h5-13,19-21H,2-4,14-18H2,1H3. The van der Waals surface area contributed by atoms with Crippen LogP contribution in [0.3, 0.4) is 0 Å². The summed E-state index contributed by atoms with van der Waals surface area (Å²) in [6, 6.07) is 22.8. The first-order valence-corrected chi connectivity index (χ1v) is 14.5. The quantitative estimate of drug-likeness (QED) is 0.170. The molecule has 6 heteroatoms. The molecule has 0 N–H and O–H groups in total. The van der Waals surface area contributed by atoms with Gasteiger partial charge in [0.1, 0.15) is 11.6 Å². The third-order valence-electron chi connectivity index (χ3n) is 6.88. The van der Waals surface area contributed by atoms with E-state index in [0.717, 1.165) is 22.3 Å². The minimum Gasteiger partial charge on any atom is -0.406 e. The van der Waals surface area contributed by atoms with Crippen molar-refractivity contribution in [3.05, 3.63) is 78.1 Å². The molecule has 0 saturated carbocycles. The first-order valence-electron chi connectivity index (χ1n) is 12.4. The van der Waals surface area contributed by atoms with Crippen molar-refractivity contribution in [2.45, 2.75) is 69.4 Å². The molecular formula is C29H31F4OSi. The summed E-state index contributed by atoms with van der Waals surface area (Å²) < 4.78 is 55.9. The lowest BCUT2D eigenvalue weighted by molar-refractivity contribution is -0.274. The zero-order valence-electron chi connectivity index (χ0n) is 20.0. The Labute approximate surface area is 206 Å². The van der Waals surface area contributed by atoms with Crippen molar-refractivity contribution < 1.29 is 22.3 Å². The number of ether oxygens (including phenoxy) is 1. The van der Waals surface area contributed by atoms with Gasteiger partial charge in [0, 0.05) is 8.80 Å². The molecule has 1 heterocycles. The predicted octanol–water partition coefficient (Wildman–Crippen LogP) is 9.62. The average molecular weight is 500 g/mol. The fourth-order valence-corrected chi connectivity index (χ4v) is 8.05. The Kier molecular flexibility index (Phi) is 8.32. The zero-order chi connectivity index (χ0) is 24.8. The van der Waals surface area contributed by atoms with Gasteiger partial charge < -0.3 is 4.74 Å². The molecule has 0 aromatic heterocycles. The molecule has 0 spiro atoms. The van der Waals surface area contributed by atoms with Crippen molar-refractivity contribution in [1.82, 2.24) is 0 Å². The van der Waals surface area contributed by atoms with Gasteiger partial charge in [-0.2, -0.15) is 0 Å². The number of unbranched alkanes of at least 4 members (excludes halogenated alkanes) is 2. The summed E-state index contributed by atoms with van der Waals surface area (Å²) in [7, 11) is -0.244. The largest absolute Gasteiger partial charge is 0.573 e. The maximum atomic E-state index is 14.0. The van der Waals surface area contributed by atoms with Gasteiger partial charge in [0.05, 0.1) is 0 Å². The molecule has 0 bridgehead atoms. The highest BCUT2D eigenvalue weighted by Gasteiger charge is 2.31. The number of hydrogen-bond donors (Lipinski definition) is 0. The van der Waals surface area contributed by atoms with Crippen molar-refractivity contribution in [1.29, 1.82) is 0 Å². The van der Waals surface area contributed by atoms with E-state index in [-0.39, 0.29) is 20.4 Å². The third kappa shape index (κ3) is 6.97. The number of halogens is 4.